The second-order valence-electron chi connectivity index (χ2n) is 4.07. The lowest BCUT2D eigenvalue weighted by molar-refractivity contribution is 0.0697. The molecule has 0 spiro atoms. The quantitative estimate of drug-likeness (QED) is 0.882. The minimum Gasteiger partial charge on any atom is -0.478 e. The molecular formula is C14H10BrF2NO2. The van der Waals surface area contributed by atoms with E-state index in [0.29, 0.717) is 15.7 Å². The SMILES string of the molecule is O=C(O)c1c(Br)cccc1NCc1ccc(F)c(F)c1. The van der Waals surface area contributed by atoms with Gasteiger partial charge >= 0.3 is 5.97 Å². The smallest absolute Gasteiger partial charge is 0.338 e. The van der Waals surface area contributed by atoms with Gasteiger partial charge in [-0.2, -0.15) is 0 Å². The van der Waals surface area contributed by atoms with Crippen LogP contribution in [0.1, 0.15) is 15.9 Å². The van der Waals surface area contributed by atoms with Gasteiger partial charge in [-0.1, -0.05) is 12.1 Å². The summed E-state index contributed by atoms with van der Waals surface area (Å²) in [6.07, 6.45) is 0. The first-order valence-corrected chi connectivity index (χ1v) is 6.48. The monoisotopic (exact) mass is 341 g/mol. The molecule has 6 heteroatoms. The number of carboxylic acid groups (broad SMARTS) is 1. The molecule has 0 bridgehead atoms. The van der Waals surface area contributed by atoms with Crippen molar-refractivity contribution in [2.45, 2.75) is 6.54 Å². The second kappa shape index (κ2) is 6.00. The van der Waals surface area contributed by atoms with Crippen LogP contribution in [0.5, 0.6) is 0 Å². The molecule has 0 fully saturated rings. The molecule has 0 amide bonds. The van der Waals surface area contributed by atoms with Crippen molar-refractivity contribution in [1.29, 1.82) is 0 Å². The van der Waals surface area contributed by atoms with Gasteiger partial charge in [0.15, 0.2) is 11.6 Å². The molecular weight excluding hydrogens is 332 g/mol. The van der Waals surface area contributed by atoms with E-state index in [0.717, 1.165) is 12.1 Å². The van der Waals surface area contributed by atoms with Gasteiger partial charge in [0, 0.05) is 11.0 Å². The third-order valence-electron chi connectivity index (χ3n) is 2.69. The highest BCUT2D eigenvalue weighted by atomic mass is 79.9. The van der Waals surface area contributed by atoms with Gasteiger partial charge in [0.2, 0.25) is 0 Å². The fraction of sp³-hybridized carbons (Fsp3) is 0.0714. The van der Waals surface area contributed by atoms with Crippen molar-refractivity contribution in [3.63, 3.8) is 0 Å². The fourth-order valence-corrected chi connectivity index (χ4v) is 2.27. The Kier molecular flexibility index (Phi) is 4.34. The van der Waals surface area contributed by atoms with E-state index in [4.69, 9.17) is 5.11 Å². The topological polar surface area (TPSA) is 49.3 Å². The van der Waals surface area contributed by atoms with E-state index in [1.165, 1.54) is 6.07 Å². The molecule has 0 saturated heterocycles. The van der Waals surface area contributed by atoms with Crippen LogP contribution in [-0.2, 0) is 6.54 Å². The van der Waals surface area contributed by atoms with Crippen LogP contribution in [0.15, 0.2) is 40.9 Å². The predicted octanol–water partition coefficient (Wildman–Crippen LogP) is 4.04. The Balaban J connectivity index is 2.21. The van der Waals surface area contributed by atoms with Gasteiger partial charge in [-0.05, 0) is 45.8 Å². The van der Waals surface area contributed by atoms with E-state index in [9.17, 15) is 13.6 Å². The van der Waals surface area contributed by atoms with E-state index >= 15 is 0 Å². The number of halogens is 3. The summed E-state index contributed by atoms with van der Waals surface area (Å²) in [7, 11) is 0. The fourth-order valence-electron chi connectivity index (χ4n) is 1.74. The zero-order valence-electron chi connectivity index (χ0n) is 10.2. The Bertz CT molecular complexity index is 662. The van der Waals surface area contributed by atoms with Crippen molar-refractivity contribution in [3.05, 3.63) is 63.6 Å². The van der Waals surface area contributed by atoms with Crippen molar-refractivity contribution in [2.75, 3.05) is 5.32 Å². The number of benzene rings is 2. The highest BCUT2D eigenvalue weighted by Gasteiger charge is 2.13. The van der Waals surface area contributed by atoms with Crippen LogP contribution in [0, 0.1) is 11.6 Å². The normalized spacial score (nSPS) is 10.3. The van der Waals surface area contributed by atoms with E-state index in [1.54, 1.807) is 18.2 Å². The molecule has 0 unspecified atom stereocenters. The summed E-state index contributed by atoms with van der Waals surface area (Å²) in [5, 5.41) is 12.0. The van der Waals surface area contributed by atoms with Crippen molar-refractivity contribution in [3.8, 4) is 0 Å². The van der Waals surface area contributed by atoms with Gasteiger partial charge in [-0.15, -0.1) is 0 Å². The summed E-state index contributed by atoms with van der Waals surface area (Å²) in [6.45, 7) is 0.188. The lowest BCUT2D eigenvalue weighted by Crippen LogP contribution is -2.07. The number of nitrogens with one attached hydrogen (secondary N) is 1. The van der Waals surface area contributed by atoms with Crippen LogP contribution in [0.2, 0.25) is 0 Å². The molecule has 0 aliphatic heterocycles. The zero-order chi connectivity index (χ0) is 14.7. The number of hydrogen-bond donors (Lipinski definition) is 2. The molecule has 2 rings (SSSR count). The molecule has 0 atom stereocenters. The van der Waals surface area contributed by atoms with Crippen LogP contribution in [-0.4, -0.2) is 11.1 Å². The summed E-state index contributed by atoms with van der Waals surface area (Å²) in [5.41, 5.74) is 1.01. The number of hydrogen-bond acceptors (Lipinski definition) is 2. The van der Waals surface area contributed by atoms with E-state index in [1.807, 2.05) is 0 Å². The Morgan fingerprint density at radius 2 is 1.95 bits per heavy atom. The summed E-state index contributed by atoms with van der Waals surface area (Å²) in [6, 6.07) is 8.44. The third kappa shape index (κ3) is 3.14. The van der Waals surface area contributed by atoms with Crippen molar-refractivity contribution in [1.82, 2.24) is 0 Å². The zero-order valence-corrected chi connectivity index (χ0v) is 11.7. The van der Waals surface area contributed by atoms with Gasteiger partial charge < -0.3 is 10.4 Å². The largest absolute Gasteiger partial charge is 0.478 e. The molecule has 0 aliphatic carbocycles. The van der Waals surface area contributed by atoms with Gasteiger partial charge in [-0.25, -0.2) is 13.6 Å². The Hall–Kier alpha value is -1.95. The van der Waals surface area contributed by atoms with Crippen molar-refractivity contribution >= 4 is 27.6 Å². The lowest BCUT2D eigenvalue weighted by Gasteiger charge is -2.11. The van der Waals surface area contributed by atoms with Gasteiger partial charge in [0.1, 0.15) is 0 Å². The first-order valence-electron chi connectivity index (χ1n) is 5.68. The van der Waals surface area contributed by atoms with E-state index < -0.39 is 17.6 Å². The summed E-state index contributed by atoms with van der Waals surface area (Å²) in [5.74, 6) is -2.93. The third-order valence-corrected chi connectivity index (χ3v) is 3.36. The van der Waals surface area contributed by atoms with E-state index in [2.05, 4.69) is 21.2 Å². The Morgan fingerprint density at radius 3 is 2.60 bits per heavy atom. The minimum absolute atomic E-state index is 0.0927. The number of rotatable bonds is 4. The standard InChI is InChI=1S/C14H10BrF2NO2/c15-9-2-1-3-12(13(9)14(19)20)18-7-8-4-5-10(16)11(17)6-8/h1-6,18H,7H2,(H,19,20). The van der Waals surface area contributed by atoms with Gasteiger partial charge in [-0.3, -0.25) is 0 Å². The molecule has 0 radical (unpaired) electrons. The Morgan fingerprint density at radius 1 is 1.20 bits per heavy atom. The Labute approximate surface area is 122 Å². The molecule has 2 aromatic carbocycles. The minimum atomic E-state index is -1.08. The highest BCUT2D eigenvalue weighted by molar-refractivity contribution is 9.10. The first-order chi connectivity index (χ1) is 9.49. The predicted molar refractivity (Wildman–Crippen MR) is 74.8 cm³/mol. The molecule has 0 aliphatic rings. The summed E-state index contributed by atoms with van der Waals surface area (Å²) >= 11 is 3.16. The van der Waals surface area contributed by atoms with E-state index in [-0.39, 0.29) is 12.1 Å². The van der Waals surface area contributed by atoms with Crippen LogP contribution in [0.3, 0.4) is 0 Å². The highest BCUT2D eigenvalue weighted by Crippen LogP contribution is 2.25. The molecule has 0 heterocycles. The number of anilines is 1. The lowest BCUT2D eigenvalue weighted by atomic mass is 10.1. The number of carbonyl (C=O) groups is 1. The maximum atomic E-state index is 13.1. The molecule has 0 aromatic heterocycles. The maximum absolute atomic E-state index is 13.1. The number of aromatic carboxylic acids is 1. The van der Waals surface area contributed by atoms with Gasteiger partial charge in [0.05, 0.1) is 11.3 Å². The molecule has 3 nitrogen and oxygen atoms in total. The molecule has 20 heavy (non-hydrogen) atoms. The average molecular weight is 342 g/mol. The summed E-state index contributed by atoms with van der Waals surface area (Å²) < 4.78 is 26.3. The maximum Gasteiger partial charge on any atom is 0.338 e. The first kappa shape index (κ1) is 14.5. The summed E-state index contributed by atoms with van der Waals surface area (Å²) in [4.78, 5) is 11.2. The molecule has 2 N–H and O–H groups in total. The average Bonchev–Trinajstić information content (AvgIpc) is 2.39. The molecule has 0 saturated carbocycles. The van der Waals surface area contributed by atoms with Crippen LogP contribution in [0.4, 0.5) is 14.5 Å². The van der Waals surface area contributed by atoms with Crippen molar-refractivity contribution in [2.24, 2.45) is 0 Å². The molecule has 2 aromatic rings. The number of carboxylic acids is 1. The van der Waals surface area contributed by atoms with Crippen molar-refractivity contribution < 1.29 is 18.7 Å². The van der Waals surface area contributed by atoms with Crippen LogP contribution in [0.25, 0.3) is 0 Å². The van der Waals surface area contributed by atoms with Crippen LogP contribution >= 0.6 is 15.9 Å². The second-order valence-corrected chi connectivity index (χ2v) is 4.92. The van der Waals surface area contributed by atoms with Gasteiger partial charge in [0.25, 0.3) is 0 Å². The van der Waals surface area contributed by atoms with Crippen LogP contribution < -0.4 is 5.32 Å². The molecule has 104 valence electrons.